The van der Waals surface area contributed by atoms with Gasteiger partial charge in [-0.2, -0.15) is 4.98 Å². The zero-order valence-corrected chi connectivity index (χ0v) is 26.9. The molecule has 1 N–H and O–H groups in total. The first kappa shape index (κ1) is 30.6. The van der Waals surface area contributed by atoms with Gasteiger partial charge in [-0.15, -0.1) is 0 Å². The average Bonchev–Trinajstić information content (AvgIpc) is 3.54. The number of aryl methyl sites for hydroxylation is 2. The van der Waals surface area contributed by atoms with E-state index in [1.807, 2.05) is 79.7 Å². The normalized spacial score (nSPS) is 13.6. The fraction of sp³-hybridized carbons (Fsp3) is 0.278. The highest BCUT2D eigenvalue weighted by atomic mass is 35.5. The molecule has 47 heavy (non-hydrogen) atoms. The van der Waals surface area contributed by atoms with Crippen LogP contribution < -0.4 is 11.3 Å². The molecule has 1 aliphatic carbocycles. The van der Waals surface area contributed by atoms with Crippen LogP contribution in [-0.4, -0.2) is 29.8 Å². The maximum atomic E-state index is 14.1. The molecule has 0 radical (unpaired) electrons. The van der Waals surface area contributed by atoms with E-state index in [4.69, 9.17) is 30.6 Å². The summed E-state index contributed by atoms with van der Waals surface area (Å²) in [5.41, 5.74) is 5.48. The minimum atomic E-state index is -0.606. The summed E-state index contributed by atoms with van der Waals surface area (Å²) in [6.45, 7) is 4.37. The van der Waals surface area contributed by atoms with Crippen LogP contribution in [0.15, 0.2) is 91.4 Å². The van der Waals surface area contributed by atoms with Gasteiger partial charge in [-0.1, -0.05) is 95.9 Å². The molecule has 0 bridgehead atoms. The number of unbranched alkanes of at least 4 members (excludes halogenated alkanes) is 1. The standard InChI is InChI=1S/C36H33ClN6O4/c1-3-4-9-31-38-22(2)29(20-30-39-34(46-41-30)36(18-19-36)25-14-16-26(37)17-15-25)33(44)43(31)21-23-10-12-24(13-11-23)27-7-5-6-8-28(27)32-40-35(45)47-42-32/h5-8,10-17H,3-4,9,18-21H2,1-2H3,(H,40,42,45). The van der Waals surface area contributed by atoms with Crippen LogP contribution in [-0.2, 0) is 24.8 Å². The molecule has 11 heteroatoms. The van der Waals surface area contributed by atoms with Crippen molar-refractivity contribution in [3.63, 3.8) is 0 Å². The molecule has 3 aromatic carbocycles. The van der Waals surface area contributed by atoms with E-state index in [2.05, 4.69) is 22.2 Å². The summed E-state index contributed by atoms with van der Waals surface area (Å²) in [7, 11) is 0. The first-order valence-electron chi connectivity index (χ1n) is 15.8. The predicted molar refractivity (Wildman–Crippen MR) is 178 cm³/mol. The number of halogens is 1. The lowest BCUT2D eigenvalue weighted by atomic mass is 9.96. The number of hydrogen-bond acceptors (Lipinski definition) is 8. The van der Waals surface area contributed by atoms with Crippen molar-refractivity contribution in [1.82, 2.24) is 29.8 Å². The Morgan fingerprint density at radius 1 is 0.915 bits per heavy atom. The van der Waals surface area contributed by atoms with E-state index in [1.54, 1.807) is 4.57 Å². The molecule has 0 unspecified atom stereocenters. The van der Waals surface area contributed by atoms with Gasteiger partial charge in [0.2, 0.25) is 5.89 Å². The highest BCUT2D eigenvalue weighted by Gasteiger charge is 2.51. The molecule has 0 aliphatic heterocycles. The molecule has 1 fully saturated rings. The zero-order chi connectivity index (χ0) is 32.5. The lowest BCUT2D eigenvalue weighted by Gasteiger charge is -2.16. The molecule has 10 nitrogen and oxygen atoms in total. The Morgan fingerprint density at radius 2 is 1.66 bits per heavy atom. The lowest BCUT2D eigenvalue weighted by molar-refractivity contribution is 0.356. The second-order valence-corrected chi connectivity index (χ2v) is 12.5. The van der Waals surface area contributed by atoms with Gasteiger partial charge in [0.15, 0.2) is 11.6 Å². The van der Waals surface area contributed by atoms with Gasteiger partial charge in [-0.3, -0.25) is 18.9 Å². The molecule has 1 aliphatic rings. The molecule has 0 saturated heterocycles. The van der Waals surface area contributed by atoms with Crippen molar-refractivity contribution < 1.29 is 9.05 Å². The van der Waals surface area contributed by atoms with Crippen LogP contribution in [0.2, 0.25) is 5.02 Å². The fourth-order valence-electron chi connectivity index (χ4n) is 6.11. The number of nitrogens with zero attached hydrogens (tertiary/aromatic N) is 5. The van der Waals surface area contributed by atoms with E-state index in [0.717, 1.165) is 59.3 Å². The molecule has 6 aromatic rings. The van der Waals surface area contributed by atoms with Gasteiger partial charge in [-0.05, 0) is 60.6 Å². The maximum Gasteiger partial charge on any atom is 0.439 e. The number of hydrogen-bond donors (Lipinski definition) is 1. The van der Waals surface area contributed by atoms with E-state index < -0.39 is 5.76 Å². The number of H-pyrrole nitrogens is 1. The largest absolute Gasteiger partial charge is 0.439 e. The quantitative estimate of drug-likeness (QED) is 0.165. The SMILES string of the molecule is CCCCc1nc(C)c(Cc2noc(C3(c4ccc(Cl)cc4)CC3)n2)c(=O)n1Cc1ccc(-c2ccccc2-c2noc(=O)[nH]2)cc1. The Labute approximate surface area is 275 Å². The van der Waals surface area contributed by atoms with Gasteiger partial charge in [0, 0.05) is 34.7 Å². The minimum absolute atomic E-state index is 0.0989. The zero-order valence-electron chi connectivity index (χ0n) is 26.1. The van der Waals surface area contributed by atoms with Crippen molar-refractivity contribution in [3.05, 3.63) is 139 Å². The summed E-state index contributed by atoms with van der Waals surface area (Å²) >= 11 is 6.11. The van der Waals surface area contributed by atoms with Gasteiger partial charge in [0.25, 0.3) is 5.56 Å². The van der Waals surface area contributed by atoms with Gasteiger partial charge >= 0.3 is 5.76 Å². The van der Waals surface area contributed by atoms with Crippen LogP contribution in [0.1, 0.15) is 72.5 Å². The molecule has 7 rings (SSSR count). The van der Waals surface area contributed by atoms with Crippen molar-refractivity contribution in [2.24, 2.45) is 0 Å². The maximum absolute atomic E-state index is 14.1. The van der Waals surface area contributed by atoms with E-state index in [9.17, 15) is 9.59 Å². The molecular formula is C36H33ClN6O4. The topological polar surface area (TPSA) is 133 Å². The van der Waals surface area contributed by atoms with Gasteiger partial charge in [-0.25, -0.2) is 9.78 Å². The van der Waals surface area contributed by atoms with Crippen LogP contribution >= 0.6 is 11.6 Å². The Balaban J connectivity index is 1.17. The summed E-state index contributed by atoms with van der Waals surface area (Å²) < 4.78 is 12.3. The third-order valence-corrected chi connectivity index (χ3v) is 9.14. The second kappa shape index (κ2) is 12.6. The van der Waals surface area contributed by atoms with E-state index in [0.29, 0.717) is 46.8 Å². The van der Waals surface area contributed by atoms with Crippen molar-refractivity contribution in [3.8, 4) is 22.5 Å². The number of aromatic amines is 1. The summed E-state index contributed by atoms with van der Waals surface area (Å²) in [6, 6.07) is 23.4. The third-order valence-electron chi connectivity index (χ3n) is 8.89. The van der Waals surface area contributed by atoms with Crippen LogP contribution in [0, 0.1) is 6.92 Å². The first-order chi connectivity index (χ1) is 22.8. The number of benzene rings is 3. The van der Waals surface area contributed by atoms with E-state index in [1.165, 1.54) is 0 Å². The summed E-state index contributed by atoms with van der Waals surface area (Å²) in [4.78, 5) is 38.0. The summed E-state index contributed by atoms with van der Waals surface area (Å²) in [6.07, 6.45) is 4.67. The highest BCUT2D eigenvalue weighted by Crippen LogP contribution is 2.53. The van der Waals surface area contributed by atoms with Crippen molar-refractivity contribution in [2.45, 2.75) is 64.3 Å². The number of rotatable bonds is 11. The molecule has 1 saturated carbocycles. The van der Waals surface area contributed by atoms with Crippen molar-refractivity contribution in [2.75, 3.05) is 0 Å². The summed E-state index contributed by atoms with van der Waals surface area (Å²) in [5, 5.41) is 8.82. The predicted octanol–water partition coefficient (Wildman–Crippen LogP) is 6.66. The third kappa shape index (κ3) is 6.08. The smallest absolute Gasteiger partial charge is 0.338 e. The molecule has 0 amide bonds. The molecule has 0 atom stereocenters. The Kier molecular flexibility index (Phi) is 8.19. The van der Waals surface area contributed by atoms with E-state index >= 15 is 0 Å². The van der Waals surface area contributed by atoms with Crippen molar-refractivity contribution in [1.29, 1.82) is 0 Å². The molecular weight excluding hydrogens is 616 g/mol. The monoisotopic (exact) mass is 648 g/mol. The Morgan fingerprint density at radius 3 is 2.34 bits per heavy atom. The highest BCUT2D eigenvalue weighted by molar-refractivity contribution is 6.30. The number of nitrogens with one attached hydrogen (secondary N) is 1. The minimum Gasteiger partial charge on any atom is -0.338 e. The summed E-state index contributed by atoms with van der Waals surface area (Å²) in [5.74, 6) is 1.55. The second-order valence-electron chi connectivity index (χ2n) is 12.1. The number of aromatic nitrogens is 6. The Bertz CT molecular complexity index is 2160. The fourth-order valence-corrected chi connectivity index (χ4v) is 6.23. The van der Waals surface area contributed by atoms with Gasteiger partial charge < -0.3 is 4.52 Å². The first-order valence-corrected chi connectivity index (χ1v) is 16.2. The lowest BCUT2D eigenvalue weighted by Crippen LogP contribution is -2.30. The van der Waals surface area contributed by atoms with Crippen molar-refractivity contribution >= 4 is 11.6 Å². The average molecular weight is 649 g/mol. The van der Waals surface area contributed by atoms with Gasteiger partial charge in [0.05, 0.1) is 12.0 Å². The van der Waals surface area contributed by atoms with Crippen LogP contribution in [0.25, 0.3) is 22.5 Å². The van der Waals surface area contributed by atoms with Crippen LogP contribution in [0.5, 0.6) is 0 Å². The molecule has 0 spiro atoms. The molecule has 238 valence electrons. The van der Waals surface area contributed by atoms with Crippen LogP contribution in [0.3, 0.4) is 0 Å². The van der Waals surface area contributed by atoms with E-state index in [-0.39, 0.29) is 17.4 Å². The molecule has 3 heterocycles. The van der Waals surface area contributed by atoms with Crippen LogP contribution in [0.4, 0.5) is 0 Å². The molecule has 3 aromatic heterocycles. The Hall–Kier alpha value is -5.09. The van der Waals surface area contributed by atoms with Gasteiger partial charge in [0.1, 0.15) is 5.82 Å².